The highest BCUT2D eigenvalue weighted by molar-refractivity contribution is 7.48. The van der Waals surface area contributed by atoms with Crippen LogP contribution in [-0.2, 0) is 4.57 Å². The molecule has 0 aromatic carbocycles. The maximum Gasteiger partial charge on any atom is 0.277 e. The van der Waals surface area contributed by atoms with Crippen molar-refractivity contribution in [1.82, 2.24) is 0 Å². The molecule has 0 aliphatic heterocycles. The molecule has 0 bridgehead atoms. The van der Waals surface area contributed by atoms with Gasteiger partial charge in [-0.25, -0.2) is 0 Å². The molecular weight excluding hydrogens is 145 g/mol. The summed E-state index contributed by atoms with van der Waals surface area (Å²) in [7, 11) is -1.78. The van der Waals surface area contributed by atoms with E-state index in [4.69, 9.17) is 0 Å². The Morgan fingerprint density at radius 1 is 1.67 bits per heavy atom. The second-order valence-electron chi connectivity index (χ2n) is 1.56. The highest BCUT2D eigenvalue weighted by Crippen LogP contribution is 2.25. The monoisotopic (exact) mass is 153 g/mol. The lowest BCUT2D eigenvalue weighted by atomic mass is 10.6. The second kappa shape index (κ2) is 4.57. The van der Waals surface area contributed by atoms with Gasteiger partial charge >= 0.3 is 0 Å². The van der Waals surface area contributed by atoms with Crippen LogP contribution in [0.5, 0.6) is 0 Å². The molecule has 0 rings (SSSR count). The van der Waals surface area contributed by atoms with Gasteiger partial charge in [0.15, 0.2) is 0 Å². The molecule has 1 atom stereocenters. The van der Waals surface area contributed by atoms with E-state index in [0.717, 1.165) is 0 Å². The van der Waals surface area contributed by atoms with Crippen molar-refractivity contribution < 1.29 is 13.3 Å². The predicted octanol–water partition coefficient (Wildman–Crippen LogP) is 2.96. The number of hydrogen-bond acceptors (Lipinski definition) is 1. The SMILES string of the molecule is CCC[P](=O)C=C(F)F. The third kappa shape index (κ3) is 5.57. The predicted molar refractivity (Wildman–Crippen MR) is 33.1 cm³/mol. The summed E-state index contributed by atoms with van der Waals surface area (Å²) in [4.78, 5) is 0. The largest absolute Gasteiger partial charge is 0.282 e. The van der Waals surface area contributed by atoms with Crippen molar-refractivity contribution in [1.29, 1.82) is 0 Å². The first-order valence-corrected chi connectivity index (χ1v) is 4.14. The van der Waals surface area contributed by atoms with Crippen LogP contribution in [-0.4, -0.2) is 6.16 Å². The van der Waals surface area contributed by atoms with Crippen LogP contribution < -0.4 is 0 Å². The van der Waals surface area contributed by atoms with Gasteiger partial charge in [-0.3, -0.25) is 4.57 Å². The fourth-order valence-corrected chi connectivity index (χ4v) is 1.18. The lowest BCUT2D eigenvalue weighted by Crippen LogP contribution is -1.68. The normalized spacial score (nSPS) is 10.8. The Morgan fingerprint density at radius 3 is 2.56 bits per heavy atom. The Morgan fingerprint density at radius 2 is 2.22 bits per heavy atom. The molecule has 0 heterocycles. The molecular formula is C5H8F2OP. The molecule has 0 aromatic rings. The molecule has 0 amide bonds. The zero-order valence-corrected chi connectivity index (χ0v) is 6.00. The van der Waals surface area contributed by atoms with Gasteiger partial charge in [-0.2, -0.15) is 8.78 Å². The van der Waals surface area contributed by atoms with Crippen molar-refractivity contribution in [2.45, 2.75) is 13.3 Å². The van der Waals surface area contributed by atoms with Gasteiger partial charge < -0.3 is 0 Å². The maximum absolute atomic E-state index is 11.3. The molecule has 1 nitrogen and oxygen atoms in total. The summed E-state index contributed by atoms with van der Waals surface area (Å²) in [5, 5.41) is 0. The van der Waals surface area contributed by atoms with E-state index in [1.165, 1.54) is 0 Å². The smallest absolute Gasteiger partial charge is 0.277 e. The first-order valence-electron chi connectivity index (χ1n) is 2.63. The molecule has 0 aliphatic carbocycles. The van der Waals surface area contributed by atoms with Crippen LogP contribution >= 0.6 is 7.80 Å². The molecule has 0 saturated heterocycles. The first kappa shape index (κ1) is 8.70. The molecule has 0 saturated carbocycles. The lowest BCUT2D eigenvalue weighted by molar-refractivity contribution is 0.423. The van der Waals surface area contributed by atoms with Gasteiger partial charge in [0, 0.05) is 6.16 Å². The van der Waals surface area contributed by atoms with E-state index >= 15 is 0 Å². The van der Waals surface area contributed by atoms with Crippen LogP contribution in [0, 0.1) is 0 Å². The molecule has 53 valence electrons. The summed E-state index contributed by atoms with van der Waals surface area (Å²) in [5.74, 6) is 0.513. The topological polar surface area (TPSA) is 17.1 Å². The minimum absolute atomic E-state index is 0.354. The van der Waals surface area contributed by atoms with E-state index in [1.807, 2.05) is 0 Å². The standard InChI is InChI=1S/C5H8F2OP/c1-2-3-9(8)4-5(6)7/h4H,2-3H2,1H3. The van der Waals surface area contributed by atoms with Crippen molar-refractivity contribution in [3.8, 4) is 0 Å². The third-order valence-electron chi connectivity index (χ3n) is 0.686. The second-order valence-corrected chi connectivity index (χ2v) is 3.10. The van der Waals surface area contributed by atoms with E-state index in [1.54, 1.807) is 6.92 Å². The van der Waals surface area contributed by atoms with E-state index in [9.17, 15) is 13.3 Å². The van der Waals surface area contributed by atoms with Crippen LogP contribution in [0.2, 0.25) is 0 Å². The highest BCUT2D eigenvalue weighted by Gasteiger charge is 1.95. The van der Waals surface area contributed by atoms with Crippen molar-refractivity contribution in [3.05, 3.63) is 11.9 Å². The quantitative estimate of drug-likeness (QED) is 0.569. The minimum Gasteiger partial charge on any atom is -0.282 e. The summed E-state index contributed by atoms with van der Waals surface area (Å²) in [6.07, 6.45) is -0.810. The zero-order valence-electron chi connectivity index (χ0n) is 5.10. The molecule has 0 aliphatic rings. The van der Waals surface area contributed by atoms with Crippen molar-refractivity contribution >= 4 is 7.80 Å². The molecule has 0 spiro atoms. The Hall–Kier alpha value is -0.300. The average Bonchev–Trinajstić information content (AvgIpc) is 1.63. The van der Waals surface area contributed by atoms with Crippen LogP contribution in [0.25, 0.3) is 0 Å². The molecule has 1 radical (unpaired) electrons. The van der Waals surface area contributed by atoms with Gasteiger partial charge in [0.25, 0.3) is 6.08 Å². The molecule has 9 heavy (non-hydrogen) atoms. The summed E-state index contributed by atoms with van der Waals surface area (Å²) in [6, 6.07) is 0. The fourth-order valence-electron chi connectivity index (χ4n) is 0.394. The number of rotatable bonds is 3. The van der Waals surface area contributed by atoms with Gasteiger partial charge in [-0.05, 0) is 6.42 Å². The zero-order chi connectivity index (χ0) is 7.28. The maximum atomic E-state index is 11.3. The van der Waals surface area contributed by atoms with E-state index in [0.29, 0.717) is 18.4 Å². The number of hydrogen-bond donors (Lipinski definition) is 0. The van der Waals surface area contributed by atoms with Gasteiger partial charge in [0.05, 0.1) is 5.82 Å². The summed E-state index contributed by atoms with van der Waals surface area (Å²) >= 11 is 0. The van der Waals surface area contributed by atoms with Crippen molar-refractivity contribution in [2.75, 3.05) is 6.16 Å². The van der Waals surface area contributed by atoms with Gasteiger partial charge in [-0.15, -0.1) is 0 Å². The van der Waals surface area contributed by atoms with Gasteiger partial charge in [0.2, 0.25) is 0 Å². The Labute approximate surface area is 53.5 Å². The Kier molecular flexibility index (Phi) is 4.41. The fraction of sp³-hybridized carbons (Fsp3) is 0.600. The van der Waals surface area contributed by atoms with Gasteiger partial charge in [0.1, 0.15) is 7.80 Å². The molecule has 0 fully saturated rings. The lowest BCUT2D eigenvalue weighted by Gasteiger charge is -1.86. The molecule has 0 aromatic heterocycles. The van der Waals surface area contributed by atoms with Crippen molar-refractivity contribution in [3.63, 3.8) is 0 Å². The van der Waals surface area contributed by atoms with Crippen LogP contribution in [0.15, 0.2) is 11.9 Å². The third-order valence-corrected chi connectivity index (χ3v) is 2.06. The highest BCUT2D eigenvalue weighted by atomic mass is 31.1. The van der Waals surface area contributed by atoms with Crippen LogP contribution in [0.4, 0.5) is 8.78 Å². The van der Waals surface area contributed by atoms with E-state index in [-0.39, 0.29) is 0 Å². The van der Waals surface area contributed by atoms with Crippen molar-refractivity contribution in [2.24, 2.45) is 0 Å². The summed E-state index contributed by atoms with van der Waals surface area (Å²) < 4.78 is 33.0. The molecule has 0 N–H and O–H groups in total. The average molecular weight is 153 g/mol. The van der Waals surface area contributed by atoms with Crippen LogP contribution in [0.3, 0.4) is 0 Å². The first-order chi connectivity index (χ1) is 4.16. The van der Waals surface area contributed by atoms with Gasteiger partial charge in [-0.1, -0.05) is 6.92 Å². The molecule has 4 heteroatoms. The molecule has 1 unspecified atom stereocenters. The van der Waals surface area contributed by atoms with E-state index < -0.39 is 13.9 Å². The summed E-state index contributed by atoms with van der Waals surface area (Å²) in [6.45, 7) is 1.80. The Balaban J connectivity index is 3.63. The van der Waals surface area contributed by atoms with Crippen LogP contribution in [0.1, 0.15) is 13.3 Å². The Bertz CT molecular complexity index is 129. The van der Waals surface area contributed by atoms with E-state index in [2.05, 4.69) is 0 Å². The minimum atomic E-state index is -1.84. The summed E-state index contributed by atoms with van der Waals surface area (Å²) in [5.41, 5.74) is 0. The number of halogens is 2.